The number of para-hydroxylation sites is 1. The van der Waals surface area contributed by atoms with Crippen molar-refractivity contribution < 1.29 is 32.8 Å². The average molecular weight is 494 g/mol. The van der Waals surface area contributed by atoms with E-state index in [0.717, 1.165) is 16.6 Å². The van der Waals surface area contributed by atoms with E-state index in [1.165, 1.54) is 17.7 Å². The van der Waals surface area contributed by atoms with E-state index in [1.54, 1.807) is 11.3 Å². The van der Waals surface area contributed by atoms with Crippen LogP contribution in [0.5, 0.6) is 0 Å². The topological polar surface area (TPSA) is 103 Å². The third kappa shape index (κ3) is 6.29. The number of thiol groups is 1. The first-order valence-electron chi connectivity index (χ1n) is 7.01. The summed E-state index contributed by atoms with van der Waals surface area (Å²) in [6, 6.07) is 15.9. The number of hydrogen-bond donors (Lipinski definition) is 2. The number of benzene rings is 2. The average Bonchev–Trinajstić information content (AvgIpc) is 3.01. The molecule has 2 N–H and O–H groups in total. The van der Waals surface area contributed by atoms with Gasteiger partial charge in [-0.05, 0) is 29.1 Å². The molecule has 0 radical (unpaired) electrons. The van der Waals surface area contributed by atoms with Gasteiger partial charge in [0.1, 0.15) is 0 Å². The van der Waals surface area contributed by atoms with Gasteiger partial charge in [0.05, 0.1) is 14.8 Å². The molecule has 0 fully saturated rings. The number of nitro groups is 1. The van der Waals surface area contributed by atoms with Crippen molar-refractivity contribution in [2.24, 2.45) is 0 Å². The van der Waals surface area contributed by atoms with E-state index in [9.17, 15) is 18.5 Å². The van der Waals surface area contributed by atoms with Gasteiger partial charge in [-0.15, -0.1) is 24.0 Å². The van der Waals surface area contributed by atoms with Gasteiger partial charge in [0.2, 0.25) is 0 Å². The zero-order valence-electron chi connectivity index (χ0n) is 13.8. The van der Waals surface area contributed by atoms with Crippen molar-refractivity contribution in [2.45, 2.75) is 9.79 Å². The van der Waals surface area contributed by atoms with Crippen LogP contribution in [0, 0.1) is 10.1 Å². The molecule has 3 aromatic rings. The number of nitrogens with zero attached hydrogens (tertiary/aromatic N) is 1. The van der Waals surface area contributed by atoms with Crippen molar-refractivity contribution in [3.8, 4) is 11.1 Å². The number of nitro benzene ring substituents is 1. The summed E-state index contributed by atoms with van der Waals surface area (Å²) >= 11 is 5.35. The quantitative estimate of drug-likeness (QED) is 0.179. The Morgan fingerprint density at radius 3 is 2.15 bits per heavy atom. The second-order valence-corrected chi connectivity index (χ2v) is 8.85. The number of thiophene rings is 1. The Balaban J connectivity index is 0.000000262. The minimum atomic E-state index is -4.12. The van der Waals surface area contributed by atoms with Crippen LogP contribution in [-0.2, 0) is 28.5 Å². The van der Waals surface area contributed by atoms with Crippen LogP contribution in [0.2, 0.25) is 0 Å². The molecule has 0 spiro atoms. The molecule has 0 unspecified atom stereocenters. The molecule has 6 nitrogen and oxygen atoms in total. The fraction of sp³-hybridized carbons (Fsp3) is 0. The van der Waals surface area contributed by atoms with E-state index >= 15 is 0 Å². The maximum atomic E-state index is 10.9. The summed E-state index contributed by atoms with van der Waals surface area (Å²) in [5.74, 6) is 0. The van der Waals surface area contributed by atoms with Crippen LogP contribution in [0.4, 0.5) is 10.7 Å². The summed E-state index contributed by atoms with van der Waals surface area (Å²) < 4.78 is 21.9. The number of nitrogen functional groups attached to an aromatic ring is 1. The van der Waals surface area contributed by atoms with E-state index in [2.05, 4.69) is 30.8 Å². The molecule has 0 aliphatic carbocycles. The SMILES string of the molecule is Nc1sccc1-c1ccccc1.O=[N+]([O-])c1c(S)cccc1S(=O)(=O)Cl.[Zn]. The molecule has 0 amide bonds. The summed E-state index contributed by atoms with van der Waals surface area (Å²) in [4.78, 5) is 9.10. The summed E-state index contributed by atoms with van der Waals surface area (Å²) in [7, 11) is 0.894. The Labute approximate surface area is 183 Å². The van der Waals surface area contributed by atoms with Crippen LogP contribution < -0.4 is 5.73 Å². The van der Waals surface area contributed by atoms with Crippen LogP contribution >= 0.6 is 34.6 Å². The monoisotopic (exact) mass is 492 g/mol. The standard InChI is InChI=1S/C10H9NS.C6H4ClNO4S2.Zn/c11-10-9(6-7-12-10)8-4-2-1-3-5-8;7-14(11,12)5-3-1-2-4(13)6(5)8(9)10;/h1-7H,11H2;1-3,13H;. The maximum Gasteiger partial charge on any atom is 0.302 e. The van der Waals surface area contributed by atoms with Gasteiger partial charge in [0.15, 0.2) is 4.90 Å². The summed E-state index contributed by atoms with van der Waals surface area (Å²) in [5.41, 5.74) is 7.52. The molecule has 2 aromatic carbocycles. The molecule has 0 saturated heterocycles. The molecule has 1 aromatic heterocycles. The largest absolute Gasteiger partial charge is 0.390 e. The van der Waals surface area contributed by atoms with Gasteiger partial charge in [-0.25, -0.2) is 8.42 Å². The third-order valence-corrected chi connectivity index (χ3v) is 5.66. The first-order valence-corrected chi connectivity index (χ1v) is 10.6. The molecule has 0 atom stereocenters. The van der Waals surface area contributed by atoms with E-state index < -0.39 is 24.6 Å². The summed E-state index contributed by atoms with van der Waals surface area (Å²) in [6.45, 7) is 0. The summed E-state index contributed by atoms with van der Waals surface area (Å²) in [6.07, 6.45) is 0. The molecule has 0 bridgehead atoms. The van der Waals surface area contributed by atoms with Crippen LogP contribution in [0.25, 0.3) is 11.1 Å². The molecule has 0 aliphatic heterocycles. The van der Waals surface area contributed by atoms with Gasteiger partial charge in [-0.1, -0.05) is 36.4 Å². The minimum absolute atomic E-state index is 0. The van der Waals surface area contributed by atoms with Gasteiger partial charge in [-0.3, -0.25) is 10.1 Å². The van der Waals surface area contributed by atoms with Crippen LogP contribution in [-0.4, -0.2) is 13.3 Å². The van der Waals surface area contributed by atoms with Crippen molar-refractivity contribution in [3.63, 3.8) is 0 Å². The van der Waals surface area contributed by atoms with Crippen molar-refractivity contribution in [2.75, 3.05) is 5.73 Å². The fourth-order valence-electron chi connectivity index (χ4n) is 2.07. The Bertz CT molecular complexity index is 1030. The molecule has 0 saturated carbocycles. The predicted octanol–water partition coefficient (Wildman–Crippen LogP) is 4.81. The van der Waals surface area contributed by atoms with Crippen molar-refractivity contribution in [1.29, 1.82) is 0 Å². The van der Waals surface area contributed by atoms with Gasteiger partial charge in [0, 0.05) is 35.7 Å². The second-order valence-electron chi connectivity index (χ2n) is 4.88. The smallest absolute Gasteiger partial charge is 0.302 e. The Morgan fingerprint density at radius 1 is 1.07 bits per heavy atom. The molecule has 1 heterocycles. The van der Waals surface area contributed by atoms with Crippen LogP contribution in [0.3, 0.4) is 0 Å². The van der Waals surface area contributed by atoms with Crippen molar-refractivity contribution in [1.82, 2.24) is 0 Å². The van der Waals surface area contributed by atoms with E-state index in [0.29, 0.717) is 0 Å². The third-order valence-electron chi connectivity index (χ3n) is 3.20. The first-order chi connectivity index (χ1) is 12.2. The van der Waals surface area contributed by atoms with E-state index in [-0.39, 0.29) is 24.4 Å². The summed E-state index contributed by atoms with van der Waals surface area (Å²) in [5, 5.41) is 13.4. The molecule has 0 aliphatic rings. The number of rotatable bonds is 3. The zero-order valence-corrected chi connectivity index (χ0v) is 20.0. The van der Waals surface area contributed by atoms with E-state index in [1.807, 2.05) is 23.6 Å². The maximum absolute atomic E-state index is 10.9. The second kappa shape index (κ2) is 10.2. The van der Waals surface area contributed by atoms with Crippen molar-refractivity contribution in [3.05, 3.63) is 70.1 Å². The first kappa shape index (κ1) is 23.6. The van der Waals surface area contributed by atoms with Crippen molar-refractivity contribution >= 4 is 54.4 Å². The molecule has 138 valence electrons. The minimum Gasteiger partial charge on any atom is -0.390 e. The number of hydrogen-bond acceptors (Lipinski definition) is 7. The van der Waals surface area contributed by atoms with Crippen LogP contribution in [0.15, 0.2) is 69.8 Å². The molecule has 3 rings (SSSR count). The molecular formula is C16H13ClN2O4S3Zn. The predicted molar refractivity (Wildman–Crippen MR) is 108 cm³/mol. The van der Waals surface area contributed by atoms with E-state index in [4.69, 9.17) is 16.4 Å². The van der Waals surface area contributed by atoms with Gasteiger partial charge in [0.25, 0.3) is 9.05 Å². The molecular weight excluding hydrogens is 481 g/mol. The molecule has 11 heteroatoms. The zero-order chi connectivity index (χ0) is 19.3. The number of nitrogens with two attached hydrogens (primary N) is 1. The molecule has 27 heavy (non-hydrogen) atoms. The normalized spacial score (nSPS) is 10.3. The Morgan fingerprint density at radius 2 is 1.70 bits per heavy atom. The number of anilines is 1. The number of halogens is 1. The Kier molecular flexibility index (Phi) is 8.91. The van der Waals surface area contributed by atoms with Gasteiger partial charge < -0.3 is 5.73 Å². The Hall–Kier alpha value is -1.45. The fourth-order valence-corrected chi connectivity index (χ4v) is 4.13. The van der Waals surface area contributed by atoms with Gasteiger partial charge in [-0.2, -0.15) is 0 Å². The van der Waals surface area contributed by atoms with Crippen LogP contribution in [0.1, 0.15) is 0 Å². The van der Waals surface area contributed by atoms with Gasteiger partial charge >= 0.3 is 5.69 Å².